The van der Waals surface area contributed by atoms with Gasteiger partial charge in [0.2, 0.25) is 0 Å². The number of carbonyl (C=O) groups is 1. The van der Waals surface area contributed by atoms with E-state index in [0.29, 0.717) is 11.4 Å². The normalized spacial score (nSPS) is 10.4. The maximum absolute atomic E-state index is 12.1. The zero-order chi connectivity index (χ0) is 16.9. The number of phenolic OH excluding ortho intramolecular Hbond substituents is 1. The minimum absolute atomic E-state index is 0.0823. The number of carbonyl (C=O) groups excluding carboxylic acids is 1. The van der Waals surface area contributed by atoms with Gasteiger partial charge in [-0.3, -0.25) is 4.79 Å². The van der Waals surface area contributed by atoms with Gasteiger partial charge < -0.3 is 19.6 Å². The van der Waals surface area contributed by atoms with Crippen LogP contribution in [0.5, 0.6) is 11.5 Å². The molecule has 5 nitrogen and oxygen atoms in total. The SMILES string of the molecule is O=C(Nc1cccc(O)c1)c1ccc(COc2ccc(I)cc2)o1. The van der Waals surface area contributed by atoms with E-state index in [0.717, 1.165) is 9.32 Å². The second-order valence-electron chi connectivity index (χ2n) is 5.01. The molecule has 6 heteroatoms. The topological polar surface area (TPSA) is 71.7 Å². The van der Waals surface area contributed by atoms with Crippen molar-refractivity contribution in [1.29, 1.82) is 0 Å². The third-order valence-electron chi connectivity index (χ3n) is 3.18. The average molecular weight is 435 g/mol. The number of nitrogens with one attached hydrogen (secondary N) is 1. The summed E-state index contributed by atoms with van der Waals surface area (Å²) in [6.45, 7) is 0.236. The third-order valence-corrected chi connectivity index (χ3v) is 3.90. The second kappa shape index (κ2) is 7.39. The lowest BCUT2D eigenvalue weighted by Gasteiger charge is -2.05. The lowest BCUT2D eigenvalue weighted by molar-refractivity contribution is 0.0992. The van der Waals surface area contributed by atoms with Crippen molar-refractivity contribution in [2.75, 3.05) is 5.32 Å². The molecule has 0 aliphatic carbocycles. The molecule has 122 valence electrons. The predicted molar refractivity (Wildman–Crippen MR) is 98.3 cm³/mol. The zero-order valence-electron chi connectivity index (χ0n) is 12.5. The summed E-state index contributed by atoms with van der Waals surface area (Å²) in [6.07, 6.45) is 0. The fourth-order valence-corrected chi connectivity index (χ4v) is 2.40. The molecule has 2 aromatic carbocycles. The molecule has 0 radical (unpaired) electrons. The maximum Gasteiger partial charge on any atom is 0.291 e. The summed E-state index contributed by atoms with van der Waals surface area (Å²) in [6, 6.07) is 17.3. The molecular weight excluding hydrogens is 421 g/mol. The Labute approximate surface area is 152 Å². The molecule has 0 aliphatic heterocycles. The number of furan rings is 1. The Hall–Kier alpha value is -2.48. The van der Waals surface area contributed by atoms with Gasteiger partial charge in [-0.05, 0) is 71.1 Å². The highest BCUT2D eigenvalue weighted by Crippen LogP contribution is 2.19. The van der Waals surface area contributed by atoms with Crippen LogP contribution in [-0.2, 0) is 6.61 Å². The smallest absolute Gasteiger partial charge is 0.291 e. The van der Waals surface area contributed by atoms with E-state index in [4.69, 9.17) is 9.15 Å². The first-order valence-corrected chi connectivity index (χ1v) is 8.25. The summed E-state index contributed by atoms with van der Waals surface area (Å²) in [5, 5.41) is 12.1. The number of rotatable bonds is 5. The first-order chi connectivity index (χ1) is 11.6. The molecule has 0 fully saturated rings. The van der Waals surface area contributed by atoms with Crippen LogP contribution in [0.25, 0.3) is 0 Å². The Kier molecular flexibility index (Phi) is 5.05. The van der Waals surface area contributed by atoms with Crippen LogP contribution in [0.4, 0.5) is 5.69 Å². The van der Waals surface area contributed by atoms with Crippen LogP contribution in [0.2, 0.25) is 0 Å². The summed E-state index contributed by atoms with van der Waals surface area (Å²) in [4.78, 5) is 12.1. The number of phenols is 1. The Morgan fingerprint density at radius 2 is 1.92 bits per heavy atom. The third kappa shape index (κ3) is 4.29. The zero-order valence-corrected chi connectivity index (χ0v) is 14.7. The number of amides is 1. The lowest BCUT2D eigenvalue weighted by Crippen LogP contribution is -2.10. The Balaban J connectivity index is 1.60. The molecule has 0 spiro atoms. The molecule has 2 N–H and O–H groups in total. The van der Waals surface area contributed by atoms with Gasteiger partial charge in [0.1, 0.15) is 23.9 Å². The fourth-order valence-electron chi connectivity index (χ4n) is 2.04. The van der Waals surface area contributed by atoms with E-state index in [-0.39, 0.29) is 24.0 Å². The summed E-state index contributed by atoms with van der Waals surface area (Å²) in [7, 11) is 0. The second-order valence-corrected chi connectivity index (χ2v) is 6.26. The number of halogens is 1. The van der Waals surface area contributed by atoms with Crippen molar-refractivity contribution in [3.8, 4) is 11.5 Å². The molecule has 1 aromatic heterocycles. The van der Waals surface area contributed by atoms with Crippen LogP contribution in [-0.4, -0.2) is 11.0 Å². The molecule has 0 bridgehead atoms. The van der Waals surface area contributed by atoms with E-state index in [1.165, 1.54) is 12.1 Å². The van der Waals surface area contributed by atoms with Crippen molar-refractivity contribution >= 4 is 34.2 Å². The Bertz CT molecular complexity index is 842. The largest absolute Gasteiger partial charge is 0.508 e. The van der Waals surface area contributed by atoms with E-state index in [2.05, 4.69) is 27.9 Å². The molecule has 3 aromatic rings. The van der Waals surface area contributed by atoms with Crippen molar-refractivity contribution in [2.24, 2.45) is 0 Å². The molecule has 0 atom stereocenters. The van der Waals surface area contributed by atoms with Gasteiger partial charge in [-0.25, -0.2) is 0 Å². The summed E-state index contributed by atoms with van der Waals surface area (Å²) in [5.41, 5.74) is 0.494. The van der Waals surface area contributed by atoms with E-state index >= 15 is 0 Å². The molecule has 1 heterocycles. The highest BCUT2D eigenvalue weighted by atomic mass is 127. The van der Waals surface area contributed by atoms with Crippen molar-refractivity contribution in [2.45, 2.75) is 6.61 Å². The number of hydrogen-bond acceptors (Lipinski definition) is 4. The van der Waals surface area contributed by atoms with Crippen LogP contribution in [0.3, 0.4) is 0 Å². The van der Waals surface area contributed by atoms with Gasteiger partial charge in [-0.1, -0.05) is 6.07 Å². The summed E-state index contributed by atoms with van der Waals surface area (Å²) < 4.78 is 12.2. The molecule has 3 rings (SSSR count). The van der Waals surface area contributed by atoms with Gasteiger partial charge >= 0.3 is 0 Å². The number of ether oxygens (including phenoxy) is 1. The van der Waals surface area contributed by atoms with Crippen molar-refractivity contribution in [3.63, 3.8) is 0 Å². The number of hydrogen-bond donors (Lipinski definition) is 2. The van der Waals surface area contributed by atoms with Crippen molar-refractivity contribution in [1.82, 2.24) is 0 Å². The van der Waals surface area contributed by atoms with Gasteiger partial charge in [0.05, 0.1) is 0 Å². The summed E-state index contributed by atoms with van der Waals surface area (Å²) in [5.74, 6) is 1.16. The highest BCUT2D eigenvalue weighted by Gasteiger charge is 2.12. The monoisotopic (exact) mass is 435 g/mol. The fraction of sp³-hybridized carbons (Fsp3) is 0.0556. The van der Waals surface area contributed by atoms with Crippen LogP contribution in [0, 0.1) is 3.57 Å². The lowest BCUT2D eigenvalue weighted by atomic mass is 10.3. The predicted octanol–water partition coefficient (Wildman–Crippen LogP) is 4.42. The minimum atomic E-state index is -0.388. The van der Waals surface area contributed by atoms with E-state index in [1.807, 2.05) is 24.3 Å². The first-order valence-electron chi connectivity index (χ1n) is 7.17. The molecule has 1 amide bonds. The standard InChI is InChI=1S/C18H14INO4/c19-12-4-6-15(7-5-12)23-11-16-8-9-17(24-16)18(22)20-13-2-1-3-14(21)10-13/h1-10,21H,11H2,(H,20,22). The van der Waals surface area contributed by atoms with E-state index in [9.17, 15) is 9.90 Å². The van der Waals surface area contributed by atoms with Gasteiger partial charge in [0.15, 0.2) is 5.76 Å². The molecule has 0 unspecified atom stereocenters. The Morgan fingerprint density at radius 3 is 2.67 bits per heavy atom. The van der Waals surface area contributed by atoms with Crippen molar-refractivity contribution in [3.05, 3.63) is 75.8 Å². The van der Waals surface area contributed by atoms with Gasteiger partial charge in [0, 0.05) is 15.3 Å². The van der Waals surface area contributed by atoms with Gasteiger partial charge in [-0.15, -0.1) is 0 Å². The molecule has 0 aliphatic rings. The number of benzene rings is 2. The van der Waals surface area contributed by atoms with Crippen LogP contribution in [0.15, 0.2) is 65.1 Å². The highest BCUT2D eigenvalue weighted by molar-refractivity contribution is 14.1. The number of anilines is 1. The Morgan fingerprint density at radius 1 is 1.12 bits per heavy atom. The maximum atomic E-state index is 12.1. The molecule has 24 heavy (non-hydrogen) atoms. The molecular formula is C18H14INO4. The van der Waals surface area contributed by atoms with Gasteiger partial charge in [0.25, 0.3) is 5.91 Å². The van der Waals surface area contributed by atoms with Crippen LogP contribution in [0.1, 0.15) is 16.3 Å². The van der Waals surface area contributed by atoms with E-state index in [1.54, 1.807) is 24.3 Å². The number of aromatic hydroxyl groups is 1. The quantitative estimate of drug-likeness (QED) is 0.583. The van der Waals surface area contributed by atoms with Gasteiger partial charge in [-0.2, -0.15) is 0 Å². The van der Waals surface area contributed by atoms with E-state index < -0.39 is 0 Å². The average Bonchev–Trinajstić information content (AvgIpc) is 3.03. The minimum Gasteiger partial charge on any atom is -0.508 e. The van der Waals surface area contributed by atoms with Crippen molar-refractivity contribution < 1.29 is 19.1 Å². The summed E-state index contributed by atoms with van der Waals surface area (Å²) >= 11 is 2.22. The van der Waals surface area contributed by atoms with Crippen LogP contribution < -0.4 is 10.1 Å². The molecule has 0 saturated carbocycles. The molecule has 0 saturated heterocycles. The van der Waals surface area contributed by atoms with Crippen LogP contribution >= 0.6 is 22.6 Å². The first kappa shape index (κ1) is 16.4.